The molecule has 2 amide bonds. The Hall–Kier alpha value is -5.72. The van der Waals surface area contributed by atoms with Crippen LogP contribution in [0.2, 0.25) is 0 Å². The van der Waals surface area contributed by atoms with Crippen molar-refractivity contribution >= 4 is 47.2 Å². The molecule has 2 aliphatic heterocycles. The average Bonchev–Trinajstić information content (AvgIpc) is 4.11. The van der Waals surface area contributed by atoms with Gasteiger partial charge in [-0.2, -0.15) is 5.10 Å². The molecule has 370 valence electrons. The van der Waals surface area contributed by atoms with Gasteiger partial charge in [0.15, 0.2) is 5.76 Å². The Morgan fingerprint density at radius 3 is 2.28 bits per heavy atom. The number of carbonyl (C=O) groups excluding carboxylic acids is 3. The standard InChI is InChI=1S/C26H33N5O5.C12H12N2OS.C7H17N.C6H11NO/c27-26(29-28)20-5-6-24-23(18-20)25(36-30-24)19-3-1-4-22(17-19)35-21-7-9-31(10-8-21)11-14-34-16-15-33-13-2-12-32;1-9-12(16-8-14-9)11-4-2-10(3-5-11)6-13-7-15;1-6(8-5)7(2,3)4;1-6-3-2-4-7(6)5-8/h1,3-6,12,17-18,21H,2,7-11,13-16,28H2,(H2,27,29);2-5,7-8H,6H2,1H3,(H,13,15);6,8H,1-5H3;5-6H,2-4H2,1H3. The van der Waals surface area contributed by atoms with Gasteiger partial charge in [-0.3, -0.25) is 9.59 Å². The van der Waals surface area contributed by atoms with Gasteiger partial charge in [-0.15, -0.1) is 11.3 Å². The Bertz CT molecular complexity index is 2270. The first-order chi connectivity index (χ1) is 32.8. The van der Waals surface area contributed by atoms with E-state index >= 15 is 0 Å². The highest BCUT2D eigenvalue weighted by molar-refractivity contribution is 7.13. The summed E-state index contributed by atoms with van der Waals surface area (Å²) in [4.78, 5) is 40.2. The van der Waals surface area contributed by atoms with E-state index in [4.69, 9.17) is 30.3 Å². The SMILES string of the molecule is CC1CCCN1C=O.CNC(C)C(C)(C)C.Cc1ncsc1-c1ccc(CNC=O)cc1.N/N=C(\N)c1ccc2noc(-c3cccc(OC4CCN(CCOCCOCCC=O)CC4)c3)c2c1. The topological polar surface area (TPSA) is 213 Å². The largest absolute Gasteiger partial charge is 0.490 e. The van der Waals surface area contributed by atoms with Gasteiger partial charge < -0.3 is 55.5 Å². The summed E-state index contributed by atoms with van der Waals surface area (Å²) in [7, 11) is 2.00. The molecule has 2 saturated heterocycles. The van der Waals surface area contributed by atoms with Crippen LogP contribution >= 0.6 is 11.3 Å². The number of rotatable bonds is 19. The number of nitrogens with two attached hydrogens (primary N) is 2. The minimum atomic E-state index is 0.155. The molecule has 6 N–H and O–H groups in total. The summed E-state index contributed by atoms with van der Waals surface area (Å²) in [6.07, 6.45) is 7.35. The van der Waals surface area contributed by atoms with Gasteiger partial charge in [-0.1, -0.05) is 62.3 Å². The predicted molar refractivity (Wildman–Crippen MR) is 271 cm³/mol. The number of benzene rings is 3. The lowest BCUT2D eigenvalue weighted by Crippen LogP contribution is -2.39. The van der Waals surface area contributed by atoms with Crippen molar-refractivity contribution in [3.05, 3.63) is 89.1 Å². The van der Waals surface area contributed by atoms with Gasteiger partial charge in [0.2, 0.25) is 12.8 Å². The van der Waals surface area contributed by atoms with Gasteiger partial charge in [-0.05, 0) is 100 Å². The molecule has 3 aromatic carbocycles. The van der Waals surface area contributed by atoms with Crippen LogP contribution in [0.3, 0.4) is 0 Å². The maximum Gasteiger partial charge on any atom is 0.209 e. The van der Waals surface area contributed by atoms with Crippen LogP contribution in [-0.4, -0.2) is 123 Å². The van der Waals surface area contributed by atoms with Crippen molar-refractivity contribution in [2.24, 2.45) is 22.1 Å². The second-order valence-corrected chi connectivity index (χ2v) is 18.7. The number of amidine groups is 1. The second kappa shape index (κ2) is 29.2. The van der Waals surface area contributed by atoms with Crippen molar-refractivity contribution in [2.45, 2.75) is 98.4 Å². The molecular weight excluding hydrogens is 883 g/mol. The number of hydrogen-bond acceptors (Lipinski definition) is 14. The fourth-order valence-corrected chi connectivity index (χ4v) is 8.05. The van der Waals surface area contributed by atoms with Crippen LogP contribution in [0.25, 0.3) is 32.7 Å². The normalized spacial score (nSPS) is 15.8. The number of thiazole rings is 1. The van der Waals surface area contributed by atoms with E-state index in [1.54, 1.807) is 11.3 Å². The fourth-order valence-electron chi connectivity index (χ4n) is 7.24. The van der Waals surface area contributed by atoms with E-state index in [2.05, 4.69) is 77.5 Å². The number of aryl methyl sites for hydroxylation is 1. The third kappa shape index (κ3) is 18.1. The maximum absolute atomic E-state index is 10.2. The molecule has 2 unspecified atom stereocenters. The smallest absolute Gasteiger partial charge is 0.209 e. The van der Waals surface area contributed by atoms with Crippen molar-refractivity contribution in [3.8, 4) is 27.5 Å². The predicted octanol–water partition coefficient (Wildman–Crippen LogP) is 7.17. The quantitative estimate of drug-likeness (QED) is 0.0162. The number of aldehydes is 1. The van der Waals surface area contributed by atoms with Crippen LogP contribution in [-0.2, 0) is 30.4 Å². The molecular formula is C51H73N9O7S. The zero-order chi connectivity index (χ0) is 49.3. The Balaban J connectivity index is 0.000000255. The number of nitrogens with one attached hydrogen (secondary N) is 2. The molecule has 2 aromatic heterocycles. The third-order valence-electron chi connectivity index (χ3n) is 12.0. The van der Waals surface area contributed by atoms with Crippen molar-refractivity contribution in [2.75, 3.05) is 59.7 Å². The number of amides is 2. The first-order valence-electron chi connectivity index (χ1n) is 23.4. The lowest BCUT2D eigenvalue weighted by Gasteiger charge is -2.32. The number of hydrazone groups is 1. The summed E-state index contributed by atoms with van der Waals surface area (Å²) in [5, 5.41) is 14.4. The molecule has 68 heavy (non-hydrogen) atoms. The van der Waals surface area contributed by atoms with Crippen LogP contribution in [0.4, 0.5) is 0 Å². The van der Waals surface area contributed by atoms with Gasteiger partial charge in [0.05, 0.1) is 47.9 Å². The van der Waals surface area contributed by atoms with Gasteiger partial charge in [-0.25, -0.2) is 4.98 Å². The van der Waals surface area contributed by atoms with Gasteiger partial charge >= 0.3 is 0 Å². The zero-order valence-electron chi connectivity index (χ0n) is 40.9. The average molecular weight is 956 g/mol. The van der Waals surface area contributed by atoms with E-state index in [0.29, 0.717) is 74.6 Å². The van der Waals surface area contributed by atoms with Gasteiger partial charge in [0.25, 0.3) is 0 Å². The highest BCUT2D eigenvalue weighted by atomic mass is 32.1. The van der Waals surface area contributed by atoms with Crippen LogP contribution < -0.4 is 26.9 Å². The van der Waals surface area contributed by atoms with Gasteiger partial charge in [0, 0.05) is 62.4 Å². The first kappa shape index (κ1) is 54.9. The Labute approximate surface area is 406 Å². The minimum Gasteiger partial charge on any atom is -0.490 e. The molecule has 0 saturated carbocycles. The molecule has 17 heteroatoms. The summed E-state index contributed by atoms with van der Waals surface area (Å²) in [5.74, 6) is 7.02. The van der Waals surface area contributed by atoms with Gasteiger partial charge in [0.1, 0.15) is 29.5 Å². The molecule has 16 nitrogen and oxygen atoms in total. The van der Waals surface area contributed by atoms with E-state index in [9.17, 15) is 14.4 Å². The molecule has 0 bridgehead atoms. The van der Waals surface area contributed by atoms with E-state index < -0.39 is 0 Å². The van der Waals surface area contributed by atoms with Crippen LogP contribution in [0.1, 0.15) is 83.5 Å². The monoisotopic (exact) mass is 956 g/mol. The molecule has 2 atom stereocenters. The number of carbonyl (C=O) groups is 3. The van der Waals surface area contributed by atoms with E-state index in [0.717, 1.165) is 85.2 Å². The summed E-state index contributed by atoms with van der Waals surface area (Å²) < 4.78 is 22.9. The molecule has 7 rings (SSSR count). The molecule has 2 aliphatic rings. The molecule has 4 heterocycles. The highest BCUT2D eigenvalue weighted by Gasteiger charge is 2.22. The molecule has 5 aromatic rings. The van der Waals surface area contributed by atoms with Crippen molar-refractivity contribution in [1.82, 2.24) is 30.6 Å². The zero-order valence-corrected chi connectivity index (χ0v) is 41.8. The lowest BCUT2D eigenvalue weighted by molar-refractivity contribution is -0.118. The Kier molecular flexibility index (Phi) is 23.6. The van der Waals surface area contributed by atoms with Crippen molar-refractivity contribution < 1.29 is 33.1 Å². The Morgan fingerprint density at radius 2 is 1.71 bits per heavy atom. The summed E-state index contributed by atoms with van der Waals surface area (Å²) in [5.41, 5.74) is 13.8. The number of nitrogens with zero attached hydrogens (tertiary/aromatic N) is 5. The summed E-state index contributed by atoms with van der Waals surface area (Å²) in [6, 6.07) is 22.6. The molecule has 2 fully saturated rings. The van der Waals surface area contributed by atoms with Crippen LogP contribution in [0, 0.1) is 12.3 Å². The second-order valence-electron chi connectivity index (χ2n) is 17.8. The summed E-state index contributed by atoms with van der Waals surface area (Å²) >= 11 is 1.64. The summed E-state index contributed by atoms with van der Waals surface area (Å²) in [6.45, 7) is 19.5. The van der Waals surface area contributed by atoms with Crippen LogP contribution in [0.5, 0.6) is 5.75 Å². The van der Waals surface area contributed by atoms with E-state index in [-0.39, 0.29) is 11.9 Å². The van der Waals surface area contributed by atoms with Crippen LogP contribution in [0.15, 0.2) is 81.9 Å². The Morgan fingerprint density at radius 1 is 0.971 bits per heavy atom. The highest BCUT2D eigenvalue weighted by Crippen LogP contribution is 2.32. The lowest BCUT2D eigenvalue weighted by atomic mass is 9.88. The number of piperidine rings is 1. The van der Waals surface area contributed by atoms with E-state index in [1.165, 1.54) is 23.3 Å². The first-order valence-corrected chi connectivity index (χ1v) is 24.3. The van der Waals surface area contributed by atoms with Crippen molar-refractivity contribution in [1.29, 1.82) is 0 Å². The third-order valence-corrected chi connectivity index (χ3v) is 12.9. The van der Waals surface area contributed by atoms with E-state index in [1.807, 2.05) is 79.0 Å². The fraction of sp³-hybridized carbons (Fsp3) is 0.490. The number of ether oxygens (including phenoxy) is 3. The number of likely N-dealkylation sites (tertiary alicyclic amines) is 2. The molecule has 0 aliphatic carbocycles. The minimum absolute atomic E-state index is 0.155. The maximum atomic E-state index is 10.2. The number of aromatic nitrogens is 2. The number of fused-ring (bicyclic) bond motifs is 1. The molecule has 0 radical (unpaired) electrons. The molecule has 0 spiro atoms. The number of hydrogen-bond donors (Lipinski definition) is 4. The van der Waals surface area contributed by atoms with Crippen molar-refractivity contribution in [3.63, 3.8) is 0 Å².